The number of hydrogen-bond acceptors (Lipinski definition) is 6. The lowest BCUT2D eigenvalue weighted by Crippen LogP contribution is -2.53. The summed E-state index contributed by atoms with van der Waals surface area (Å²) in [6.45, 7) is 5.59. The minimum Gasteiger partial charge on any atom is -0.491 e. The molecule has 0 unspecified atom stereocenters. The predicted octanol–water partition coefficient (Wildman–Crippen LogP) is 5.67. The molecule has 0 radical (unpaired) electrons. The average molecular weight is 653 g/mol. The molecule has 4 amide bonds. The highest BCUT2D eigenvalue weighted by Gasteiger charge is 2.70. The summed E-state index contributed by atoms with van der Waals surface area (Å²) in [6.07, 6.45) is 2.68. The molecule has 0 aromatic heterocycles. The summed E-state index contributed by atoms with van der Waals surface area (Å²) in [5.74, 6) is -3.55. The van der Waals surface area contributed by atoms with E-state index in [1.165, 1.54) is 9.80 Å². The van der Waals surface area contributed by atoms with Crippen LogP contribution in [0.5, 0.6) is 5.75 Å². The van der Waals surface area contributed by atoms with Gasteiger partial charge in [0.2, 0.25) is 23.6 Å². The van der Waals surface area contributed by atoms with Gasteiger partial charge >= 0.3 is 0 Å². The molecule has 2 heterocycles. The van der Waals surface area contributed by atoms with E-state index in [9.17, 15) is 19.5 Å². The van der Waals surface area contributed by atoms with Crippen LogP contribution in [0, 0.1) is 23.7 Å². The zero-order valence-electron chi connectivity index (χ0n) is 26.6. The molecule has 7 rings (SSSR count). The van der Waals surface area contributed by atoms with E-state index in [2.05, 4.69) is 6.08 Å². The fraction of sp³-hybridized carbons (Fsp3) is 0.368. The van der Waals surface area contributed by atoms with Gasteiger partial charge in [0.15, 0.2) is 0 Å². The molecule has 0 spiro atoms. The molecule has 47 heavy (non-hydrogen) atoms. The van der Waals surface area contributed by atoms with E-state index < -0.39 is 40.5 Å². The maximum atomic E-state index is 15.2. The number of carbonyl (C=O) groups excluding carboxylic acids is 4. The van der Waals surface area contributed by atoms with Crippen LogP contribution in [-0.2, 0) is 24.6 Å². The monoisotopic (exact) mass is 652 g/mol. The Labute approximate surface area is 279 Å². The van der Waals surface area contributed by atoms with Crippen LogP contribution in [0.25, 0.3) is 0 Å². The van der Waals surface area contributed by atoms with E-state index in [1.54, 1.807) is 36.4 Å². The van der Waals surface area contributed by atoms with Crippen molar-refractivity contribution in [1.82, 2.24) is 4.90 Å². The first-order valence-corrected chi connectivity index (χ1v) is 16.5. The average Bonchev–Trinajstić information content (AvgIpc) is 3.45. The largest absolute Gasteiger partial charge is 0.491 e. The van der Waals surface area contributed by atoms with Gasteiger partial charge < -0.3 is 9.84 Å². The highest BCUT2D eigenvalue weighted by Crippen LogP contribution is 2.64. The number of imide groups is 2. The fourth-order valence-electron chi connectivity index (χ4n) is 8.70. The Hall–Kier alpha value is -4.27. The van der Waals surface area contributed by atoms with Crippen LogP contribution in [0.15, 0.2) is 90.5 Å². The Balaban J connectivity index is 1.46. The van der Waals surface area contributed by atoms with Crippen molar-refractivity contribution in [3.8, 4) is 5.75 Å². The van der Waals surface area contributed by atoms with Crippen molar-refractivity contribution in [2.24, 2.45) is 23.7 Å². The van der Waals surface area contributed by atoms with Crippen LogP contribution < -0.4 is 9.64 Å². The molecule has 242 valence electrons. The van der Waals surface area contributed by atoms with Crippen LogP contribution in [0.1, 0.15) is 50.7 Å². The van der Waals surface area contributed by atoms with Crippen LogP contribution in [-0.4, -0.2) is 52.4 Å². The number of anilines is 1. The molecule has 3 aromatic rings. The van der Waals surface area contributed by atoms with E-state index in [0.29, 0.717) is 28.4 Å². The molecule has 6 atom stereocenters. The molecule has 2 saturated heterocycles. The van der Waals surface area contributed by atoms with E-state index in [1.807, 2.05) is 63.2 Å². The van der Waals surface area contributed by atoms with Gasteiger partial charge in [-0.05, 0) is 81.0 Å². The van der Waals surface area contributed by atoms with E-state index in [0.717, 1.165) is 11.1 Å². The van der Waals surface area contributed by atoms with Gasteiger partial charge in [0, 0.05) is 16.5 Å². The van der Waals surface area contributed by atoms with Gasteiger partial charge in [-0.3, -0.25) is 24.1 Å². The molecule has 4 aliphatic rings. The molecule has 1 N–H and O–H groups in total. The summed E-state index contributed by atoms with van der Waals surface area (Å²) in [5, 5.41) is 9.68. The molecule has 3 fully saturated rings. The second-order valence-corrected chi connectivity index (χ2v) is 14.4. The number of carbonyl (C=O) groups is 4. The Morgan fingerprint density at radius 3 is 2.28 bits per heavy atom. The zero-order chi connectivity index (χ0) is 33.2. The summed E-state index contributed by atoms with van der Waals surface area (Å²) in [5.41, 5.74) is 0.776. The van der Waals surface area contributed by atoms with Crippen molar-refractivity contribution in [3.63, 3.8) is 0 Å². The molecule has 9 heteroatoms. The van der Waals surface area contributed by atoms with E-state index >= 15 is 4.79 Å². The molecule has 0 bridgehead atoms. The summed E-state index contributed by atoms with van der Waals surface area (Å²) in [7, 11) is 0. The number of amides is 4. The standard InChI is InChI=1S/C38H37ClN2O6/c1-37(2,3)41-33(43)28-17-16-27-29(31(28)35(41)45)21-30-34(44)40(25-11-7-10-24(39)20-25)36(46)38(30,23-8-5-4-6-9-23)32(27)22-12-14-26(15-13-22)47-19-18-42/h4-16,20,28-32,42H,17-19,21H2,1-3H3/t28-,29+,30-,31-,32-,38+/m0/s1. The lowest BCUT2D eigenvalue weighted by Gasteiger charge is -2.50. The molecular formula is C38H37ClN2O6. The maximum absolute atomic E-state index is 15.2. The fourth-order valence-corrected chi connectivity index (χ4v) is 8.88. The molecule has 1 saturated carbocycles. The first kappa shape index (κ1) is 31.3. The molecule has 2 aliphatic carbocycles. The lowest BCUT2D eigenvalue weighted by atomic mass is 9.49. The minimum absolute atomic E-state index is 0.130. The minimum atomic E-state index is -1.33. The second-order valence-electron chi connectivity index (χ2n) is 13.9. The number of benzene rings is 3. The predicted molar refractivity (Wildman–Crippen MR) is 177 cm³/mol. The molecule has 8 nitrogen and oxygen atoms in total. The van der Waals surface area contributed by atoms with Crippen LogP contribution in [0.3, 0.4) is 0 Å². The quantitative estimate of drug-likeness (QED) is 0.272. The van der Waals surface area contributed by atoms with Gasteiger partial charge in [-0.25, -0.2) is 4.90 Å². The third-order valence-corrected chi connectivity index (χ3v) is 10.6. The van der Waals surface area contributed by atoms with E-state index in [-0.39, 0.29) is 43.3 Å². The Bertz CT molecular complexity index is 1800. The number of aliphatic hydroxyl groups is 1. The van der Waals surface area contributed by atoms with Gasteiger partial charge in [-0.15, -0.1) is 0 Å². The van der Waals surface area contributed by atoms with Crippen molar-refractivity contribution in [2.45, 2.75) is 50.5 Å². The molecule has 2 aliphatic heterocycles. The SMILES string of the molecule is CC(C)(C)N1C(=O)[C@H]2[C@H](CC=C3[C@H]2C[C@H]2C(=O)N(c4cccc(Cl)c4)C(=O)[C@@]2(c2ccccc2)[C@H]3c2ccc(OCCO)cc2)C1=O. The number of aliphatic hydroxyl groups excluding tert-OH is 1. The maximum Gasteiger partial charge on any atom is 0.246 e. The number of rotatable bonds is 6. The lowest BCUT2D eigenvalue weighted by molar-refractivity contribution is -0.145. The molecule has 3 aromatic carbocycles. The summed E-state index contributed by atoms with van der Waals surface area (Å²) in [4.78, 5) is 60.6. The highest BCUT2D eigenvalue weighted by molar-refractivity contribution is 6.32. The van der Waals surface area contributed by atoms with Crippen LogP contribution >= 0.6 is 11.6 Å². The van der Waals surface area contributed by atoms with Crippen molar-refractivity contribution in [3.05, 3.63) is 107 Å². The summed E-state index contributed by atoms with van der Waals surface area (Å²) < 4.78 is 5.66. The molecular weight excluding hydrogens is 616 g/mol. The first-order chi connectivity index (χ1) is 22.5. The highest BCUT2D eigenvalue weighted by atomic mass is 35.5. The smallest absolute Gasteiger partial charge is 0.246 e. The van der Waals surface area contributed by atoms with Crippen molar-refractivity contribution >= 4 is 40.9 Å². The zero-order valence-corrected chi connectivity index (χ0v) is 27.3. The number of halogens is 1. The van der Waals surface area contributed by atoms with Gasteiger partial charge in [0.25, 0.3) is 0 Å². The van der Waals surface area contributed by atoms with Gasteiger partial charge in [0.1, 0.15) is 12.4 Å². The van der Waals surface area contributed by atoms with Crippen molar-refractivity contribution in [1.29, 1.82) is 0 Å². The first-order valence-electron chi connectivity index (χ1n) is 16.1. The number of likely N-dealkylation sites (tertiary alicyclic amines) is 1. The topological polar surface area (TPSA) is 104 Å². The van der Waals surface area contributed by atoms with Gasteiger partial charge in [0.05, 0.1) is 35.5 Å². The number of fused-ring (bicyclic) bond motifs is 4. The second kappa shape index (κ2) is 11.5. The van der Waals surface area contributed by atoms with Gasteiger partial charge in [-0.1, -0.05) is 71.8 Å². The van der Waals surface area contributed by atoms with Gasteiger partial charge in [-0.2, -0.15) is 0 Å². The van der Waals surface area contributed by atoms with Crippen LogP contribution in [0.2, 0.25) is 5.02 Å². The number of nitrogens with zero attached hydrogens (tertiary/aromatic N) is 2. The number of ether oxygens (including phenoxy) is 1. The number of hydrogen-bond donors (Lipinski definition) is 1. The van der Waals surface area contributed by atoms with Crippen molar-refractivity contribution in [2.75, 3.05) is 18.1 Å². The summed E-state index contributed by atoms with van der Waals surface area (Å²) in [6, 6.07) is 23.6. The third-order valence-electron chi connectivity index (χ3n) is 10.4. The summed E-state index contributed by atoms with van der Waals surface area (Å²) >= 11 is 6.38. The Morgan fingerprint density at radius 1 is 0.894 bits per heavy atom. The van der Waals surface area contributed by atoms with Crippen molar-refractivity contribution < 1.29 is 29.0 Å². The van der Waals surface area contributed by atoms with Crippen LogP contribution in [0.4, 0.5) is 5.69 Å². The Morgan fingerprint density at radius 2 is 1.62 bits per heavy atom. The number of allylic oxidation sites excluding steroid dienone is 2. The van der Waals surface area contributed by atoms with E-state index in [4.69, 9.17) is 16.3 Å². The Kier molecular flexibility index (Phi) is 7.64. The third kappa shape index (κ3) is 4.67. The normalized spacial score (nSPS) is 28.6.